The van der Waals surface area contributed by atoms with Gasteiger partial charge in [-0.15, -0.1) is 11.3 Å². The number of amides is 1. The summed E-state index contributed by atoms with van der Waals surface area (Å²) in [4.78, 5) is 23.7. The maximum atomic E-state index is 11.7. The lowest BCUT2D eigenvalue weighted by Crippen LogP contribution is -2.44. The average Bonchev–Trinajstić information content (AvgIpc) is 2.78. The standard InChI is InChI=1S/C13H16BrNO3S/c1-3-8(2)12(13(17)18)15-11(16)7-5-9-4-6-10(14)19-9/h4-8,12H,3H2,1-2H3,(H,15,16)(H,17,18)/t8?,12-/m0/s1. The van der Waals surface area contributed by atoms with Gasteiger partial charge in [0.05, 0.1) is 3.79 Å². The quantitative estimate of drug-likeness (QED) is 0.778. The summed E-state index contributed by atoms with van der Waals surface area (Å²) in [5.41, 5.74) is 0. The lowest BCUT2D eigenvalue weighted by atomic mass is 9.99. The zero-order valence-corrected chi connectivity index (χ0v) is 13.1. The summed E-state index contributed by atoms with van der Waals surface area (Å²) >= 11 is 4.83. The van der Waals surface area contributed by atoms with Crippen LogP contribution < -0.4 is 5.32 Å². The van der Waals surface area contributed by atoms with E-state index in [1.165, 1.54) is 17.4 Å². The molecule has 1 heterocycles. The summed E-state index contributed by atoms with van der Waals surface area (Å²) in [5, 5.41) is 11.6. The van der Waals surface area contributed by atoms with Gasteiger partial charge in [0.1, 0.15) is 6.04 Å². The Labute approximate surface area is 124 Å². The van der Waals surface area contributed by atoms with Crippen molar-refractivity contribution in [3.8, 4) is 0 Å². The molecular formula is C13H16BrNO3S. The van der Waals surface area contributed by atoms with Crippen LogP contribution in [-0.4, -0.2) is 23.0 Å². The molecule has 1 aromatic heterocycles. The molecule has 104 valence electrons. The third-order valence-electron chi connectivity index (χ3n) is 2.77. The second kappa shape index (κ2) is 7.45. The number of hydrogen-bond donors (Lipinski definition) is 2. The first kappa shape index (κ1) is 15.9. The molecule has 2 atom stereocenters. The van der Waals surface area contributed by atoms with Gasteiger partial charge in [-0.2, -0.15) is 0 Å². The van der Waals surface area contributed by atoms with Crippen LogP contribution in [0.4, 0.5) is 0 Å². The van der Waals surface area contributed by atoms with Crippen LogP contribution in [0.25, 0.3) is 6.08 Å². The lowest BCUT2D eigenvalue weighted by Gasteiger charge is -2.19. The van der Waals surface area contributed by atoms with Crippen molar-refractivity contribution in [2.45, 2.75) is 26.3 Å². The number of aliphatic carboxylic acids is 1. The van der Waals surface area contributed by atoms with E-state index in [1.54, 1.807) is 13.0 Å². The van der Waals surface area contributed by atoms with Crippen molar-refractivity contribution in [2.24, 2.45) is 5.92 Å². The highest BCUT2D eigenvalue weighted by Crippen LogP contribution is 2.22. The van der Waals surface area contributed by atoms with Gasteiger partial charge in [0.2, 0.25) is 5.91 Å². The molecule has 2 N–H and O–H groups in total. The first-order valence-electron chi connectivity index (χ1n) is 5.90. The maximum absolute atomic E-state index is 11.7. The lowest BCUT2D eigenvalue weighted by molar-refractivity contribution is -0.142. The Bertz CT molecular complexity index is 484. The van der Waals surface area contributed by atoms with Crippen molar-refractivity contribution in [3.05, 3.63) is 26.9 Å². The fourth-order valence-corrected chi connectivity index (χ4v) is 2.79. The zero-order chi connectivity index (χ0) is 14.4. The highest BCUT2D eigenvalue weighted by Gasteiger charge is 2.24. The molecule has 0 aliphatic rings. The van der Waals surface area contributed by atoms with Gasteiger partial charge >= 0.3 is 5.97 Å². The number of carbonyl (C=O) groups is 2. The number of carboxylic acid groups (broad SMARTS) is 1. The SMILES string of the molecule is CCC(C)[C@H](NC(=O)C=Cc1ccc(Br)s1)C(=O)O. The molecule has 1 unspecified atom stereocenters. The van der Waals surface area contributed by atoms with Gasteiger partial charge in [0.15, 0.2) is 0 Å². The predicted octanol–water partition coefficient (Wildman–Crippen LogP) is 3.14. The van der Waals surface area contributed by atoms with Crippen LogP contribution in [0.5, 0.6) is 0 Å². The van der Waals surface area contributed by atoms with Crippen LogP contribution in [0.1, 0.15) is 25.1 Å². The molecule has 0 aliphatic heterocycles. The third-order valence-corrected chi connectivity index (χ3v) is 4.36. The fourth-order valence-electron chi connectivity index (χ4n) is 1.46. The minimum Gasteiger partial charge on any atom is -0.480 e. The molecule has 0 aliphatic carbocycles. The van der Waals surface area contributed by atoms with Crippen LogP contribution in [-0.2, 0) is 9.59 Å². The first-order valence-corrected chi connectivity index (χ1v) is 7.51. The Kier molecular flexibility index (Phi) is 6.24. The molecule has 0 radical (unpaired) electrons. The van der Waals surface area contributed by atoms with Gasteiger partial charge in [-0.05, 0) is 40.1 Å². The number of hydrogen-bond acceptors (Lipinski definition) is 3. The predicted molar refractivity (Wildman–Crippen MR) is 80.1 cm³/mol. The maximum Gasteiger partial charge on any atom is 0.326 e. The Morgan fingerprint density at radius 2 is 2.21 bits per heavy atom. The van der Waals surface area contributed by atoms with E-state index in [-0.39, 0.29) is 5.92 Å². The van der Waals surface area contributed by atoms with Gasteiger partial charge < -0.3 is 10.4 Å². The minimum atomic E-state index is -1.00. The molecule has 0 aromatic carbocycles. The van der Waals surface area contributed by atoms with E-state index in [0.29, 0.717) is 6.42 Å². The van der Waals surface area contributed by atoms with Crippen molar-refractivity contribution in [1.29, 1.82) is 0 Å². The summed E-state index contributed by atoms with van der Waals surface area (Å²) in [7, 11) is 0. The second-order valence-electron chi connectivity index (χ2n) is 4.19. The molecular weight excluding hydrogens is 330 g/mol. The van der Waals surface area contributed by atoms with E-state index in [2.05, 4.69) is 21.2 Å². The molecule has 1 aromatic rings. The molecule has 0 bridgehead atoms. The summed E-state index contributed by atoms with van der Waals surface area (Å²) in [5.74, 6) is -1.50. The summed E-state index contributed by atoms with van der Waals surface area (Å²) in [6, 6.07) is 2.92. The number of carboxylic acids is 1. The Hall–Kier alpha value is -1.14. The normalized spacial score (nSPS) is 14.3. The zero-order valence-electron chi connectivity index (χ0n) is 10.7. The molecule has 0 saturated heterocycles. The van der Waals surface area contributed by atoms with E-state index in [4.69, 9.17) is 5.11 Å². The van der Waals surface area contributed by atoms with Crippen molar-refractivity contribution in [2.75, 3.05) is 0 Å². The fraction of sp³-hybridized carbons (Fsp3) is 0.385. The monoisotopic (exact) mass is 345 g/mol. The highest BCUT2D eigenvalue weighted by molar-refractivity contribution is 9.11. The van der Waals surface area contributed by atoms with Crippen molar-refractivity contribution in [1.82, 2.24) is 5.32 Å². The average molecular weight is 346 g/mol. The van der Waals surface area contributed by atoms with Crippen LogP contribution in [0.15, 0.2) is 22.0 Å². The van der Waals surface area contributed by atoms with Gasteiger partial charge in [-0.25, -0.2) is 4.79 Å². The topological polar surface area (TPSA) is 66.4 Å². The molecule has 6 heteroatoms. The van der Waals surface area contributed by atoms with Crippen LogP contribution in [0, 0.1) is 5.92 Å². The molecule has 1 rings (SSSR count). The summed E-state index contributed by atoms with van der Waals surface area (Å²) in [6.07, 6.45) is 3.72. The minimum absolute atomic E-state index is 0.106. The number of thiophene rings is 1. The molecule has 19 heavy (non-hydrogen) atoms. The first-order chi connectivity index (χ1) is 8.93. The Morgan fingerprint density at radius 1 is 1.53 bits per heavy atom. The summed E-state index contributed by atoms with van der Waals surface area (Å²) in [6.45, 7) is 3.70. The van der Waals surface area contributed by atoms with Crippen LogP contribution >= 0.6 is 27.3 Å². The van der Waals surface area contributed by atoms with Gasteiger partial charge in [-0.1, -0.05) is 20.3 Å². The molecule has 1 amide bonds. The Morgan fingerprint density at radius 3 is 2.68 bits per heavy atom. The van der Waals surface area contributed by atoms with Gasteiger partial charge in [0.25, 0.3) is 0 Å². The number of carbonyl (C=O) groups excluding carboxylic acids is 1. The third kappa shape index (κ3) is 5.16. The van der Waals surface area contributed by atoms with E-state index >= 15 is 0 Å². The molecule has 0 saturated carbocycles. The molecule has 4 nitrogen and oxygen atoms in total. The highest BCUT2D eigenvalue weighted by atomic mass is 79.9. The van der Waals surface area contributed by atoms with Crippen LogP contribution in [0.2, 0.25) is 0 Å². The van der Waals surface area contributed by atoms with Gasteiger partial charge in [0, 0.05) is 11.0 Å². The van der Waals surface area contributed by atoms with E-state index < -0.39 is 17.9 Å². The largest absolute Gasteiger partial charge is 0.480 e. The second-order valence-corrected chi connectivity index (χ2v) is 6.68. The Balaban J connectivity index is 2.62. The molecule has 0 spiro atoms. The van der Waals surface area contributed by atoms with E-state index in [1.807, 2.05) is 19.1 Å². The van der Waals surface area contributed by atoms with Gasteiger partial charge in [-0.3, -0.25) is 4.79 Å². The number of nitrogens with one attached hydrogen (secondary N) is 1. The van der Waals surface area contributed by atoms with Crippen molar-refractivity contribution >= 4 is 45.2 Å². The van der Waals surface area contributed by atoms with Crippen LogP contribution in [0.3, 0.4) is 0 Å². The van der Waals surface area contributed by atoms with Crippen molar-refractivity contribution in [3.63, 3.8) is 0 Å². The summed E-state index contributed by atoms with van der Waals surface area (Å²) < 4.78 is 0.982. The van der Waals surface area contributed by atoms with E-state index in [9.17, 15) is 9.59 Å². The number of rotatable bonds is 6. The smallest absolute Gasteiger partial charge is 0.326 e. The number of halogens is 1. The van der Waals surface area contributed by atoms with E-state index in [0.717, 1.165) is 8.66 Å². The van der Waals surface area contributed by atoms with Crippen molar-refractivity contribution < 1.29 is 14.7 Å². The molecule has 0 fully saturated rings.